The normalized spacial score (nSPS) is 29.1. The van der Waals surface area contributed by atoms with Gasteiger partial charge in [0.05, 0.1) is 25.4 Å². The Balaban J connectivity index is 1.97. The summed E-state index contributed by atoms with van der Waals surface area (Å²) in [5.41, 5.74) is 0. The van der Waals surface area contributed by atoms with Gasteiger partial charge in [0.25, 0.3) is 0 Å². The Kier molecular flexibility index (Phi) is 6.45. The molecule has 5 heteroatoms. The molecule has 2 fully saturated rings. The first kappa shape index (κ1) is 16.7. The summed E-state index contributed by atoms with van der Waals surface area (Å²) in [6, 6.07) is 0.292. The van der Waals surface area contributed by atoms with Crippen LogP contribution >= 0.6 is 0 Å². The maximum Gasteiger partial charge on any atom is 0.241 e. The van der Waals surface area contributed by atoms with E-state index in [1.54, 1.807) is 0 Å². The predicted octanol–water partition coefficient (Wildman–Crippen LogP) is 1.43. The van der Waals surface area contributed by atoms with Crippen LogP contribution in [0.4, 0.5) is 0 Å². The number of nitrogens with zero attached hydrogens (tertiary/aromatic N) is 2. The third-order valence-corrected chi connectivity index (χ3v) is 4.52. The second kappa shape index (κ2) is 8.11. The van der Waals surface area contributed by atoms with Gasteiger partial charge in [-0.2, -0.15) is 0 Å². The Morgan fingerprint density at radius 3 is 2.52 bits per heavy atom. The zero-order valence-corrected chi connectivity index (χ0v) is 13.8. The molecular formula is C16H31N3O2. The Bertz CT molecular complexity index is 331. The van der Waals surface area contributed by atoms with Crippen molar-refractivity contribution in [3.8, 4) is 0 Å². The average molecular weight is 297 g/mol. The molecular weight excluding hydrogens is 266 g/mol. The van der Waals surface area contributed by atoms with E-state index in [0.29, 0.717) is 5.91 Å². The molecule has 2 aliphatic rings. The SMILES string of the molecule is CCCC1NC(CCC)N(C(C)CN2CCOCC2)C1=O. The first-order valence-corrected chi connectivity index (χ1v) is 8.55. The molecule has 2 aliphatic heterocycles. The van der Waals surface area contributed by atoms with Crippen molar-refractivity contribution in [2.75, 3.05) is 32.8 Å². The zero-order chi connectivity index (χ0) is 15.2. The molecule has 0 radical (unpaired) electrons. The van der Waals surface area contributed by atoms with Gasteiger partial charge in [-0.1, -0.05) is 26.7 Å². The molecule has 0 aromatic carbocycles. The number of amides is 1. The lowest BCUT2D eigenvalue weighted by Gasteiger charge is -2.35. The van der Waals surface area contributed by atoms with E-state index in [0.717, 1.165) is 58.5 Å². The van der Waals surface area contributed by atoms with E-state index in [1.165, 1.54) is 0 Å². The van der Waals surface area contributed by atoms with Gasteiger partial charge in [0.15, 0.2) is 0 Å². The molecule has 3 unspecified atom stereocenters. The molecule has 0 bridgehead atoms. The van der Waals surface area contributed by atoms with Crippen molar-refractivity contribution in [3.05, 3.63) is 0 Å². The second-order valence-corrected chi connectivity index (χ2v) is 6.32. The van der Waals surface area contributed by atoms with Gasteiger partial charge < -0.3 is 9.64 Å². The van der Waals surface area contributed by atoms with Gasteiger partial charge in [0.2, 0.25) is 5.91 Å². The Morgan fingerprint density at radius 1 is 1.24 bits per heavy atom. The monoisotopic (exact) mass is 297 g/mol. The average Bonchev–Trinajstić information content (AvgIpc) is 2.77. The van der Waals surface area contributed by atoms with E-state index < -0.39 is 0 Å². The number of carbonyl (C=O) groups excluding carboxylic acids is 1. The van der Waals surface area contributed by atoms with E-state index in [4.69, 9.17) is 4.74 Å². The van der Waals surface area contributed by atoms with Crippen molar-refractivity contribution in [2.24, 2.45) is 0 Å². The fourth-order valence-corrected chi connectivity index (χ4v) is 3.48. The Labute approximate surface area is 129 Å². The van der Waals surface area contributed by atoms with Crippen LogP contribution in [0, 0.1) is 0 Å². The second-order valence-electron chi connectivity index (χ2n) is 6.32. The summed E-state index contributed by atoms with van der Waals surface area (Å²) in [6.45, 7) is 11.1. The van der Waals surface area contributed by atoms with Gasteiger partial charge in [-0.25, -0.2) is 0 Å². The first-order chi connectivity index (χ1) is 10.2. The lowest BCUT2D eigenvalue weighted by molar-refractivity contribution is -0.132. The van der Waals surface area contributed by atoms with E-state index >= 15 is 0 Å². The molecule has 0 aromatic rings. The van der Waals surface area contributed by atoms with Crippen LogP contribution in [0.3, 0.4) is 0 Å². The maximum atomic E-state index is 12.7. The Hall–Kier alpha value is -0.650. The highest BCUT2D eigenvalue weighted by Gasteiger charge is 2.40. The molecule has 1 N–H and O–H groups in total. The maximum absolute atomic E-state index is 12.7. The van der Waals surface area contributed by atoms with Crippen LogP contribution in [0.1, 0.15) is 46.5 Å². The molecule has 3 atom stereocenters. The molecule has 0 spiro atoms. The van der Waals surface area contributed by atoms with Gasteiger partial charge in [-0.15, -0.1) is 0 Å². The molecule has 0 aliphatic carbocycles. The standard InChI is InChI=1S/C16H31N3O2/c1-4-6-14-16(20)19(15(17-14)7-5-2)13(3)12-18-8-10-21-11-9-18/h13-15,17H,4-12H2,1-3H3. The summed E-state index contributed by atoms with van der Waals surface area (Å²) >= 11 is 0. The zero-order valence-electron chi connectivity index (χ0n) is 13.8. The van der Waals surface area contributed by atoms with Crippen LogP contribution in [-0.2, 0) is 9.53 Å². The topological polar surface area (TPSA) is 44.8 Å². The van der Waals surface area contributed by atoms with E-state index in [9.17, 15) is 4.79 Å². The van der Waals surface area contributed by atoms with Crippen molar-refractivity contribution >= 4 is 5.91 Å². The minimum atomic E-state index is 0.0266. The summed E-state index contributed by atoms with van der Waals surface area (Å²) in [5, 5.41) is 3.54. The quantitative estimate of drug-likeness (QED) is 0.772. The molecule has 0 saturated carbocycles. The van der Waals surface area contributed by atoms with Gasteiger partial charge >= 0.3 is 0 Å². The fraction of sp³-hybridized carbons (Fsp3) is 0.938. The Morgan fingerprint density at radius 2 is 1.90 bits per heavy atom. The molecule has 2 rings (SSSR count). The minimum absolute atomic E-state index is 0.0266. The third kappa shape index (κ3) is 4.18. The van der Waals surface area contributed by atoms with Gasteiger partial charge in [-0.05, 0) is 19.8 Å². The third-order valence-electron chi connectivity index (χ3n) is 4.52. The van der Waals surface area contributed by atoms with Crippen LogP contribution in [0.2, 0.25) is 0 Å². The minimum Gasteiger partial charge on any atom is -0.379 e. The van der Waals surface area contributed by atoms with Gasteiger partial charge in [0.1, 0.15) is 0 Å². The summed E-state index contributed by atoms with van der Waals surface area (Å²) in [4.78, 5) is 17.2. The molecule has 2 saturated heterocycles. The van der Waals surface area contributed by atoms with Crippen molar-refractivity contribution in [1.82, 2.24) is 15.1 Å². The smallest absolute Gasteiger partial charge is 0.241 e. The van der Waals surface area contributed by atoms with Crippen LogP contribution in [-0.4, -0.2) is 66.8 Å². The van der Waals surface area contributed by atoms with Gasteiger partial charge in [0, 0.05) is 25.7 Å². The van der Waals surface area contributed by atoms with Crippen molar-refractivity contribution in [3.63, 3.8) is 0 Å². The lowest BCUT2D eigenvalue weighted by Crippen LogP contribution is -2.50. The van der Waals surface area contributed by atoms with E-state index in [-0.39, 0.29) is 18.2 Å². The highest BCUT2D eigenvalue weighted by molar-refractivity contribution is 5.84. The number of ether oxygens (including phenoxy) is 1. The van der Waals surface area contributed by atoms with Crippen LogP contribution in [0.5, 0.6) is 0 Å². The number of hydrogen-bond acceptors (Lipinski definition) is 4. The number of nitrogens with one attached hydrogen (secondary N) is 1. The molecule has 0 aromatic heterocycles. The fourth-order valence-electron chi connectivity index (χ4n) is 3.48. The molecule has 21 heavy (non-hydrogen) atoms. The van der Waals surface area contributed by atoms with Crippen LogP contribution < -0.4 is 5.32 Å². The van der Waals surface area contributed by atoms with Crippen molar-refractivity contribution in [2.45, 2.75) is 64.7 Å². The number of morpholine rings is 1. The van der Waals surface area contributed by atoms with Crippen LogP contribution in [0.15, 0.2) is 0 Å². The van der Waals surface area contributed by atoms with E-state index in [1.807, 2.05) is 0 Å². The first-order valence-electron chi connectivity index (χ1n) is 8.55. The molecule has 1 amide bonds. The largest absolute Gasteiger partial charge is 0.379 e. The van der Waals surface area contributed by atoms with Crippen LogP contribution in [0.25, 0.3) is 0 Å². The van der Waals surface area contributed by atoms with Crippen molar-refractivity contribution in [1.29, 1.82) is 0 Å². The molecule has 2 heterocycles. The van der Waals surface area contributed by atoms with Crippen molar-refractivity contribution < 1.29 is 9.53 Å². The number of rotatable bonds is 7. The highest BCUT2D eigenvalue weighted by atomic mass is 16.5. The summed E-state index contributed by atoms with van der Waals surface area (Å²) in [6.07, 6.45) is 4.35. The highest BCUT2D eigenvalue weighted by Crippen LogP contribution is 2.21. The lowest BCUT2D eigenvalue weighted by atomic mass is 10.1. The van der Waals surface area contributed by atoms with E-state index in [2.05, 4.69) is 35.9 Å². The predicted molar refractivity (Wildman–Crippen MR) is 84.1 cm³/mol. The van der Waals surface area contributed by atoms with Gasteiger partial charge in [-0.3, -0.25) is 15.0 Å². The summed E-state index contributed by atoms with van der Waals surface area (Å²) < 4.78 is 5.40. The number of hydrogen-bond donors (Lipinski definition) is 1. The number of carbonyl (C=O) groups is 1. The summed E-state index contributed by atoms with van der Waals surface area (Å²) in [5.74, 6) is 0.302. The summed E-state index contributed by atoms with van der Waals surface area (Å²) in [7, 11) is 0. The molecule has 5 nitrogen and oxygen atoms in total. The molecule has 122 valence electrons.